The first-order valence-electron chi connectivity index (χ1n) is 6.78. The van der Waals surface area contributed by atoms with Gasteiger partial charge in [-0.1, -0.05) is 6.07 Å². The molecule has 2 fully saturated rings. The number of hydrogen-bond acceptors (Lipinski definition) is 4. The molecule has 0 aliphatic carbocycles. The summed E-state index contributed by atoms with van der Waals surface area (Å²) >= 11 is 2.05. The summed E-state index contributed by atoms with van der Waals surface area (Å²) in [5, 5.41) is 0.529. The maximum atomic E-state index is 5.84. The van der Waals surface area contributed by atoms with Crippen molar-refractivity contribution in [2.75, 3.05) is 26.6 Å². The molecule has 1 unspecified atom stereocenters. The third-order valence-corrected chi connectivity index (χ3v) is 5.54. The van der Waals surface area contributed by atoms with Gasteiger partial charge in [0, 0.05) is 17.8 Å². The molecule has 3 rings (SSSR count). The average molecular weight is 280 g/mol. The molecule has 2 aliphatic rings. The summed E-state index contributed by atoms with van der Waals surface area (Å²) in [6.45, 7) is 0.916. The van der Waals surface area contributed by atoms with Crippen LogP contribution in [0, 0.1) is 5.92 Å². The van der Waals surface area contributed by atoms with E-state index in [0.717, 1.165) is 18.1 Å². The molecule has 0 saturated carbocycles. The van der Waals surface area contributed by atoms with Crippen molar-refractivity contribution < 1.29 is 14.2 Å². The molecular weight excluding hydrogens is 260 g/mol. The zero-order valence-corrected chi connectivity index (χ0v) is 12.2. The van der Waals surface area contributed by atoms with Crippen LogP contribution < -0.4 is 9.47 Å². The minimum atomic E-state index is 0.458. The van der Waals surface area contributed by atoms with Crippen LogP contribution in [0.25, 0.3) is 0 Å². The molecule has 3 nitrogen and oxygen atoms in total. The van der Waals surface area contributed by atoms with Crippen LogP contribution in [-0.2, 0) is 4.74 Å². The lowest BCUT2D eigenvalue weighted by molar-refractivity contribution is 0.0850. The highest BCUT2D eigenvalue weighted by Gasteiger charge is 2.39. The summed E-state index contributed by atoms with van der Waals surface area (Å²) in [4.78, 5) is 0. The van der Waals surface area contributed by atoms with E-state index >= 15 is 0 Å². The SMILES string of the molecule is COc1ccc(C2SCC[C@@H]3OCC[C@@H]23)cc1OC. The van der Waals surface area contributed by atoms with Gasteiger partial charge in [-0.2, -0.15) is 11.8 Å². The van der Waals surface area contributed by atoms with Gasteiger partial charge in [0.15, 0.2) is 11.5 Å². The lowest BCUT2D eigenvalue weighted by Gasteiger charge is -2.32. The van der Waals surface area contributed by atoms with Crippen LogP contribution in [0.3, 0.4) is 0 Å². The zero-order valence-electron chi connectivity index (χ0n) is 11.4. The molecule has 0 bridgehead atoms. The molecule has 1 aromatic carbocycles. The molecule has 2 aliphatic heterocycles. The van der Waals surface area contributed by atoms with Crippen LogP contribution in [0.2, 0.25) is 0 Å². The van der Waals surface area contributed by atoms with E-state index in [1.54, 1.807) is 14.2 Å². The molecule has 19 heavy (non-hydrogen) atoms. The van der Waals surface area contributed by atoms with E-state index in [1.165, 1.54) is 24.2 Å². The van der Waals surface area contributed by atoms with Gasteiger partial charge in [-0.3, -0.25) is 0 Å². The van der Waals surface area contributed by atoms with Gasteiger partial charge in [0.2, 0.25) is 0 Å². The predicted octanol–water partition coefficient (Wildman–Crippen LogP) is 3.29. The van der Waals surface area contributed by atoms with E-state index < -0.39 is 0 Å². The fraction of sp³-hybridized carbons (Fsp3) is 0.600. The second-order valence-electron chi connectivity index (χ2n) is 5.06. The minimum Gasteiger partial charge on any atom is -0.493 e. The first-order valence-corrected chi connectivity index (χ1v) is 7.83. The van der Waals surface area contributed by atoms with Gasteiger partial charge in [0.25, 0.3) is 0 Å². The number of benzene rings is 1. The van der Waals surface area contributed by atoms with Gasteiger partial charge in [-0.05, 0) is 36.3 Å². The molecule has 3 atom stereocenters. The van der Waals surface area contributed by atoms with Crippen molar-refractivity contribution in [3.8, 4) is 11.5 Å². The van der Waals surface area contributed by atoms with Gasteiger partial charge in [0.1, 0.15) is 0 Å². The largest absolute Gasteiger partial charge is 0.493 e. The van der Waals surface area contributed by atoms with Crippen LogP contribution in [0.4, 0.5) is 0 Å². The molecule has 0 N–H and O–H groups in total. The Labute approximate surface area is 118 Å². The highest BCUT2D eigenvalue weighted by molar-refractivity contribution is 7.99. The van der Waals surface area contributed by atoms with Crippen LogP contribution in [0.1, 0.15) is 23.7 Å². The van der Waals surface area contributed by atoms with Crippen LogP contribution >= 0.6 is 11.8 Å². The van der Waals surface area contributed by atoms with E-state index in [1.807, 2.05) is 17.8 Å². The third kappa shape index (κ3) is 2.43. The van der Waals surface area contributed by atoms with Crippen molar-refractivity contribution in [2.45, 2.75) is 24.2 Å². The lowest BCUT2D eigenvalue weighted by atomic mass is 9.90. The number of thioether (sulfide) groups is 1. The quantitative estimate of drug-likeness (QED) is 0.849. The Bertz CT molecular complexity index is 449. The monoisotopic (exact) mass is 280 g/mol. The van der Waals surface area contributed by atoms with Gasteiger partial charge in [-0.25, -0.2) is 0 Å². The van der Waals surface area contributed by atoms with Crippen molar-refractivity contribution in [1.82, 2.24) is 0 Å². The van der Waals surface area contributed by atoms with Crippen LogP contribution in [-0.4, -0.2) is 32.7 Å². The van der Waals surface area contributed by atoms with Crippen LogP contribution in [0.5, 0.6) is 11.5 Å². The standard InChI is InChI=1S/C15H20O3S/c1-16-13-4-3-10(9-14(13)17-2)15-11-5-7-18-12(11)6-8-19-15/h3-4,9,11-12,15H,5-8H2,1-2H3/t11-,12+,15?/m1/s1. The number of fused-ring (bicyclic) bond motifs is 1. The number of ether oxygens (including phenoxy) is 3. The Kier molecular flexibility index (Phi) is 3.89. The zero-order chi connectivity index (χ0) is 13.2. The highest BCUT2D eigenvalue weighted by Crippen LogP contribution is 2.49. The van der Waals surface area contributed by atoms with Gasteiger partial charge in [-0.15, -0.1) is 0 Å². The molecule has 104 valence electrons. The average Bonchev–Trinajstić information content (AvgIpc) is 2.94. The fourth-order valence-corrected chi connectivity index (χ4v) is 4.64. The molecule has 0 aromatic heterocycles. The molecule has 4 heteroatoms. The highest BCUT2D eigenvalue weighted by atomic mass is 32.2. The fourth-order valence-electron chi connectivity index (χ4n) is 3.12. The first kappa shape index (κ1) is 13.1. The van der Waals surface area contributed by atoms with E-state index in [0.29, 0.717) is 17.3 Å². The maximum absolute atomic E-state index is 5.84. The molecule has 2 saturated heterocycles. The summed E-state index contributed by atoms with van der Waals surface area (Å²) < 4.78 is 16.6. The Hall–Kier alpha value is -0.870. The Balaban J connectivity index is 1.88. The van der Waals surface area contributed by atoms with Crippen molar-refractivity contribution in [3.05, 3.63) is 23.8 Å². The Morgan fingerprint density at radius 3 is 2.79 bits per heavy atom. The predicted molar refractivity (Wildman–Crippen MR) is 77.2 cm³/mol. The minimum absolute atomic E-state index is 0.458. The van der Waals surface area contributed by atoms with E-state index in [-0.39, 0.29) is 0 Å². The smallest absolute Gasteiger partial charge is 0.161 e. The molecule has 2 heterocycles. The number of methoxy groups -OCH3 is 2. The maximum Gasteiger partial charge on any atom is 0.161 e. The molecule has 0 radical (unpaired) electrons. The molecule has 1 aromatic rings. The van der Waals surface area contributed by atoms with Gasteiger partial charge >= 0.3 is 0 Å². The van der Waals surface area contributed by atoms with Crippen molar-refractivity contribution in [2.24, 2.45) is 5.92 Å². The molecule has 0 amide bonds. The molecule has 0 spiro atoms. The van der Waals surface area contributed by atoms with Gasteiger partial charge < -0.3 is 14.2 Å². The van der Waals surface area contributed by atoms with Crippen LogP contribution in [0.15, 0.2) is 18.2 Å². The summed E-state index contributed by atoms with van der Waals surface area (Å²) in [5.74, 6) is 3.45. The van der Waals surface area contributed by atoms with E-state index in [9.17, 15) is 0 Å². The second-order valence-corrected chi connectivity index (χ2v) is 6.31. The summed E-state index contributed by atoms with van der Waals surface area (Å²) in [7, 11) is 3.37. The Morgan fingerprint density at radius 2 is 2.00 bits per heavy atom. The number of rotatable bonds is 3. The van der Waals surface area contributed by atoms with E-state index in [2.05, 4.69) is 12.1 Å². The van der Waals surface area contributed by atoms with Crippen molar-refractivity contribution >= 4 is 11.8 Å². The van der Waals surface area contributed by atoms with E-state index in [4.69, 9.17) is 14.2 Å². The summed E-state index contributed by atoms with van der Waals surface area (Å²) in [6, 6.07) is 6.30. The molecular formula is C15H20O3S. The van der Waals surface area contributed by atoms with Gasteiger partial charge in [0.05, 0.1) is 20.3 Å². The number of hydrogen-bond donors (Lipinski definition) is 0. The van der Waals surface area contributed by atoms with Crippen molar-refractivity contribution in [1.29, 1.82) is 0 Å². The third-order valence-electron chi connectivity index (χ3n) is 4.09. The summed E-state index contributed by atoms with van der Waals surface area (Å²) in [6.07, 6.45) is 2.83. The second kappa shape index (κ2) is 5.63. The topological polar surface area (TPSA) is 27.7 Å². The van der Waals surface area contributed by atoms with Crippen molar-refractivity contribution in [3.63, 3.8) is 0 Å². The first-order chi connectivity index (χ1) is 9.33. The Morgan fingerprint density at radius 1 is 1.16 bits per heavy atom. The lowest BCUT2D eigenvalue weighted by Crippen LogP contribution is -2.26. The normalized spacial score (nSPS) is 29.9. The summed E-state index contributed by atoms with van der Waals surface area (Å²) in [5.41, 5.74) is 1.34.